The van der Waals surface area contributed by atoms with Crippen LogP contribution in [0.3, 0.4) is 0 Å². The van der Waals surface area contributed by atoms with Gasteiger partial charge in [0, 0.05) is 18.6 Å². The van der Waals surface area contributed by atoms with E-state index >= 15 is 0 Å². The van der Waals surface area contributed by atoms with Gasteiger partial charge in [-0.2, -0.15) is 0 Å². The van der Waals surface area contributed by atoms with Crippen LogP contribution in [0.2, 0.25) is 0 Å². The fourth-order valence-electron chi connectivity index (χ4n) is 1.84. The lowest BCUT2D eigenvalue weighted by Gasteiger charge is -2.25. The van der Waals surface area contributed by atoms with Crippen LogP contribution in [-0.4, -0.2) is 26.3 Å². The minimum Gasteiger partial charge on any atom is -0.380 e. The van der Waals surface area contributed by atoms with E-state index in [0.717, 1.165) is 32.7 Å². The van der Waals surface area contributed by atoms with Gasteiger partial charge in [0.2, 0.25) is 0 Å². The molecule has 0 bridgehead atoms. The molecule has 0 saturated carbocycles. The van der Waals surface area contributed by atoms with Gasteiger partial charge >= 0.3 is 0 Å². The molecule has 0 aromatic heterocycles. The summed E-state index contributed by atoms with van der Waals surface area (Å²) in [6, 6.07) is 0. The maximum Gasteiger partial charge on any atom is 0.0604 e. The van der Waals surface area contributed by atoms with Crippen LogP contribution in [0.1, 0.15) is 33.1 Å². The van der Waals surface area contributed by atoms with Crippen LogP contribution < -0.4 is 5.32 Å². The average Bonchev–Trinajstić information content (AvgIpc) is 2.74. The van der Waals surface area contributed by atoms with Crippen LogP contribution in [0.5, 0.6) is 0 Å². The lowest BCUT2D eigenvalue weighted by molar-refractivity contribution is 0.0885. The standard InChI is InChI=1S/C14H25NO/c1-3-5-10-15-12-14(8-6-7-9-14)13-16-11-4-2/h6-9,15H,3-5,10-13H2,1-2H3. The summed E-state index contributed by atoms with van der Waals surface area (Å²) in [7, 11) is 0. The van der Waals surface area contributed by atoms with Crippen molar-refractivity contribution in [3.8, 4) is 0 Å². The number of allylic oxidation sites excluding steroid dienone is 2. The van der Waals surface area contributed by atoms with Gasteiger partial charge in [-0.1, -0.05) is 44.6 Å². The normalized spacial score (nSPS) is 17.1. The SMILES string of the molecule is CCCCNCC1(COCCC)C=CC=C1. The minimum absolute atomic E-state index is 0.100. The van der Waals surface area contributed by atoms with Crippen LogP contribution in [0, 0.1) is 5.41 Å². The highest BCUT2D eigenvalue weighted by Gasteiger charge is 2.25. The number of unbranched alkanes of at least 4 members (excludes halogenated alkanes) is 1. The highest BCUT2D eigenvalue weighted by molar-refractivity contribution is 5.25. The summed E-state index contributed by atoms with van der Waals surface area (Å²) in [4.78, 5) is 0. The summed E-state index contributed by atoms with van der Waals surface area (Å²) in [5.74, 6) is 0. The van der Waals surface area contributed by atoms with Crippen molar-refractivity contribution in [1.29, 1.82) is 0 Å². The Morgan fingerprint density at radius 1 is 1.12 bits per heavy atom. The predicted octanol–water partition coefficient (Wildman–Crippen LogP) is 2.92. The fraction of sp³-hybridized carbons (Fsp3) is 0.714. The van der Waals surface area contributed by atoms with Gasteiger partial charge in [0.15, 0.2) is 0 Å². The summed E-state index contributed by atoms with van der Waals surface area (Å²) in [5, 5.41) is 3.51. The van der Waals surface area contributed by atoms with Gasteiger partial charge in [-0.3, -0.25) is 0 Å². The molecule has 0 aromatic rings. The first-order chi connectivity index (χ1) is 7.83. The predicted molar refractivity (Wildman–Crippen MR) is 69.6 cm³/mol. The molecule has 0 unspecified atom stereocenters. The van der Waals surface area contributed by atoms with Crippen LogP contribution in [0.4, 0.5) is 0 Å². The Hall–Kier alpha value is -0.600. The summed E-state index contributed by atoms with van der Waals surface area (Å²) in [5.41, 5.74) is 0.100. The van der Waals surface area contributed by atoms with Crippen molar-refractivity contribution in [2.75, 3.05) is 26.3 Å². The van der Waals surface area contributed by atoms with E-state index in [9.17, 15) is 0 Å². The van der Waals surface area contributed by atoms with E-state index in [0.29, 0.717) is 0 Å². The molecule has 0 fully saturated rings. The molecule has 1 aliphatic carbocycles. The molecule has 92 valence electrons. The summed E-state index contributed by atoms with van der Waals surface area (Å²) < 4.78 is 5.68. The van der Waals surface area contributed by atoms with Gasteiger partial charge in [0.1, 0.15) is 0 Å². The van der Waals surface area contributed by atoms with Gasteiger partial charge in [0.25, 0.3) is 0 Å². The molecule has 16 heavy (non-hydrogen) atoms. The average molecular weight is 223 g/mol. The van der Waals surface area contributed by atoms with E-state index in [1.165, 1.54) is 12.8 Å². The topological polar surface area (TPSA) is 21.3 Å². The maximum atomic E-state index is 5.68. The molecular weight excluding hydrogens is 198 g/mol. The second-order valence-electron chi connectivity index (χ2n) is 4.53. The van der Waals surface area contributed by atoms with Gasteiger partial charge in [0.05, 0.1) is 6.61 Å². The zero-order valence-electron chi connectivity index (χ0n) is 10.7. The number of hydrogen-bond acceptors (Lipinski definition) is 2. The van der Waals surface area contributed by atoms with Crippen molar-refractivity contribution in [1.82, 2.24) is 5.32 Å². The van der Waals surface area contributed by atoms with Crippen LogP contribution in [-0.2, 0) is 4.74 Å². The number of hydrogen-bond donors (Lipinski definition) is 1. The lowest BCUT2D eigenvalue weighted by atomic mass is 9.91. The van der Waals surface area contributed by atoms with Gasteiger partial charge in [-0.15, -0.1) is 0 Å². The molecule has 0 radical (unpaired) electrons. The van der Waals surface area contributed by atoms with E-state index < -0.39 is 0 Å². The maximum absolute atomic E-state index is 5.68. The number of ether oxygens (including phenoxy) is 1. The smallest absolute Gasteiger partial charge is 0.0604 e. The number of nitrogens with one attached hydrogen (secondary N) is 1. The van der Waals surface area contributed by atoms with Crippen LogP contribution >= 0.6 is 0 Å². The third-order valence-electron chi connectivity index (χ3n) is 2.85. The van der Waals surface area contributed by atoms with Crippen molar-refractivity contribution in [3.63, 3.8) is 0 Å². The fourth-order valence-corrected chi connectivity index (χ4v) is 1.84. The van der Waals surface area contributed by atoms with E-state index in [-0.39, 0.29) is 5.41 Å². The zero-order chi connectivity index (χ0) is 11.7. The first-order valence-corrected chi connectivity index (χ1v) is 6.48. The second-order valence-corrected chi connectivity index (χ2v) is 4.53. The Bertz CT molecular complexity index is 221. The van der Waals surface area contributed by atoms with E-state index in [2.05, 4.69) is 43.5 Å². The monoisotopic (exact) mass is 223 g/mol. The van der Waals surface area contributed by atoms with Crippen molar-refractivity contribution < 1.29 is 4.74 Å². The molecule has 1 aliphatic rings. The Labute approximate surface area is 99.8 Å². The molecule has 0 aromatic carbocycles. The second kappa shape index (κ2) is 7.64. The first kappa shape index (κ1) is 13.5. The molecule has 0 atom stereocenters. The Kier molecular flexibility index (Phi) is 6.43. The van der Waals surface area contributed by atoms with Crippen molar-refractivity contribution in [2.24, 2.45) is 5.41 Å². The van der Waals surface area contributed by atoms with Crippen molar-refractivity contribution in [3.05, 3.63) is 24.3 Å². The summed E-state index contributed by atoms with van der Waals surface area (Å²) in [6.45, 7) is 8.12. The van der Waals surface area contributed by atoms with Crippen LogP contribution in [0.25, 0.3) is 0 Å². The van der Waals surface area contributed by atoms with Crippen molar-refractivity contribution >= 4 is 0 Å². The molecule has 0 saturated heterocycles. The van der Waals surface area contributed by atoms with Gasteiger partial charge < -0.3 is 10.1 Å². The largest absolute Gasteiger partial charge is 0.380 e. The van der Waals surface area contributed by atoms with Gasteiger partial charge in [-0.05, 0) is 19.4 Å². The van der Waals surface area contributed by atoms with Gasteiger partial charge in [-0.25, -0.2) is 0 Å². The highest BCUT2D eigenvalue weighted by Crippen LogP contribution is 2.25. The molecule has 0 amide bonds. The molecule has 0 aliphatic heterocycles. The Morgan fingerprint density at radius 3 is 2.50 bits per heavy atom. The molecule has 2 nitrogen and oxygen atoms in total. The zero-order valence-corrected chi connectivity index (χ0v) is 10.7. The quantitative estimate of drug-likeness (QED) is 0.607. The molecule has 0 heterocycles. The lowest BCUT2D eigenvalue weighted by Crippen LogP contribution is -2.35. The van der Waals surface area contributed by atoms with E-state index in [1.807, 2.05) is 0 Å². The van der Waals surface area contributed by atoms with Crippen molar-refractivity contribution in [2.45, 2.75) is 33.1 Å². The Balaban J connectivity index is 2.29. The summed E-state index contributed by atoms with van der Waals surface area (Å²) in [6.07, 6.45) is 12.3. The number of rotatable bonds is 9. The molecule has 2 heteroatoms. The van der Waals surface area contributed by atoms with E-state index in [1.54, 1.807) is 0 Å². The van der Waals surface area contributed by atoms with E-state index in [4.69, 9.17) is 4.74 Å². The molecule has 1 rings (SSSR count). The molecule has 1 N–H and O–H groups in total. The Morgan fingerprint density at radius 2 is 1.88 bits per heavy atom. The minimum atomic E-state index is 0.100. The summed E-state index contributed by atoms with van der Waals surface area (Å²) >= 11 is 0. The van der Waals surface area contributed by atoms with Crippen LogP contribution in [0.15, 0.2) is 24.3 Å². The third-order valence-corrected chi connectivity index (χ3v) is 2.85. The first-order valence-electron chi connectivity index (χ1n) is 6.48. The third kappa shape index (κ3) is 4.50. The molecular formula is C14H25NO. The molecule has 0 spiro atoms. The highest BCUT2D eigenvalue weighted by atomic mass is 16.5.